The minimum absolute atomic E-state index is 0.324. The average Bonchev–Trinajstić information content (AvgIpc) is 2.87. The molecule has 0 bridgehead atoms. The monoisotopic (exact) mass is 275 g/mol. The number of carboxylic acids is 1. The summed E-state index contributed by atoms with van der Waals surface area (Å²) in [6.07, 6.45) is 5.08. The Morgan fingerprint density at radius 3 is 2.85 bits per heavy atom. The van der Waals surface area contributed by atoms with Crippen LogP contribution in [0.15, 0.2) is 6.07 Å². The van der Waals surface area contributed by atoms with Crippen molar-refractivity contribution >= 4 is 11.8 Å². The van der Waals surface area contributed by atoms with Gasteiger partial charge in [-0.05, 0) is 63.9 Å². The van der Waals surface area contributed by atoms with E-state index in [0.717, 1.165) is 56.5 Å². The Morgan fingerprint density at radius 2 is 2.15 bits per heavy atom. The number of fused-ring (bicyclic) bond motifs is 1. The van der Waals surface area contributed by atoms with Crippen LogP contribution >= 0.6 is 0 Å². The van der Waals surface area contributed by atoms with Crippen LogP contribution in [0.1, 0.15) is 40.9 Å². The van der Waals surface area contributed by atoms with Gasteiger partial charge >= 0.3 is 5.97 Å². The lowest BCUT2D eigenvalue weighted by Crippen LogP contribution is -2.37. The summed E-state index contributed by atoms with van der Waals surface area (Å²) in [7, 11) is 2.12. The van der Waals surface area contributed by atoms with E-state index in [9.17, 15) is 9.90 Å². The van der Waals surface area contributed by atoms with Gasteiger partial charge in [0.15, 0.2) is 0 Å². The summed E-state index contributed by atoms with van der Waals surface area (Å²) in [5.74, 6) is -0.324. The Hall–Kier alpha value is -1.62. The summed E-state index contributed by atoms with van der Waals surface area (Å²) in [6.45, 7) is 2.09. The average molecular weight is 275 g/mol. The largest absolute Gasteiger partial charge is 0.478 e. The molecule has 0 spiro atoms. The topological polar surface area (TPSA) is 65.5 Å². The van der Waals surface area contributed by atoms with E-state index in [-0.39, 0.29) is 0 Å². The van der Waals surface area contributed by atoms with Crippen molar-refractivity contribution in [2.75, 3.05) is 25.5 Å². The lowest BCUT2D eigenvalue weighted by molar-refractivity contribution is 0.0697. The van der Waals surface area contributed by atoms with Gasteiger partial charge in [0.1, 0.15) is 11.4 Å². The molecule has 0 atom stereocenters. The molecule has 3 rings (SSSR count). The van der Waals surface area contributed by atoms with E-state index in [1.807, 2.05) is 6.07 Å². The number of nitrogens with zero attached hydrogens (tertiary/aromatic N) is 2. The van der Waals surface area contributed by atoms with Gasteiger partial charge in [-0.3, -0.25) is 0 Å². The first-order chi connectivity index (χ1) is 9.63. The molecule has 2 aliphatic rings. The Bertz CT molecular complexity index is 522. The molecule has 108 valence electrons. The number of nitrogens with one attached hydrogen (secondary N) is 1. The second-order valence-electron chi connectivity index (χ2n) is 5.87. The number of hydrogen-bond acceptors (Lipinski definition) is 4. The zero-order chi connectivity index (χ0) is 14.1. The first-order valence-electron chi connectivity index (χ1n) is 7.34. The second kappa shape index (κ2) is 5.40. The Kier molecular flexibility index (Phi) is 3.61. The van der Waals surface area contributed by atoms with E-state index in [2.05, 4.69) is 22.2 Å². The molecule has 0 amide bonds. The smallest absolute Gasteiger partial charge is 0.339 e. The van der Waals surface area contributed by atoms with E-state index in [4.69, 9.17) is 0 Å². The number of aromatic nitrogens is 1. The number of rotatable bonds is 3. The van der Waals surface area contributed by atoms with Crippen molar-refractivity contribution in [3.8, 4) is 0 Å². The van der Waals surface area contributed by atoms with Gasteiger partial charge in [0.2, 0.25) is 0 Å². The minimum atomic E-state index is -0.886. The maximum atomic E-state index is 11.4. The molecular formula is C15H21N3O2. The van der Waals surface area contributed by atoms with Gasteiger partial charge in [-0.25, -0.2) is 9.78 Å². The summed E-state index contributed by atoms with van der Waals surface area (Å²) >= 11 is 0. The van der Waals surface area contributed by atoms with E-state index < -0.39 is 5.97 Å². The molecule has 5 nitrogen and oxygen atoms in total. The van der Waals surface area contributed by atoms with Gasteiger partial charge < -0.3 is 15.3 Å². The number of piperidine rings is 1. The second-order valence-corrected chi connectivity index (χ2v) is 5.87. The number of pyridine rings is 1. The predicted octanol–water partition coefficient (Wildman–Crippen LogP) is 1.77. The Labute approximate surface area is 119 Å². The molecule has 1 aromatic rings. The highest BCUT2D eigenvalue weighted by Crippen LogP contribution is 2.26. The number of carbonyl (C=O) groups is 1. The van der Waals surface area contributed by atoms with E-state index in [1.54, 1.807) is 0 Å². The molecule has 20 heavy (non-hydrogen) atoms. The molecule has 2 heterocycles. The molecular weight excluding hydrogens is 254 g/mol. The number of anilines is 1. The van der Waals surface area contributed by atoms with Crippen molar-refractivity contribution in [3.05, 3.63) is 22.9 Å². The van der Waals surface area contributed by atoms with Crippen LogP contribution in [0.5, 0.6) is 0 Å². The van der Waals surface area contributed by atoms with Crippen LogP contribution in [-0.2, 0) is 12.8 Å². The molecule has 0 unspecified atom stereocenters. The van der Waals surface area contributed by atoms with Crippen molar-refractivity contribution in [1.29, 1.82) is 0 Å². The van der Waals surface area contributed by atoms with Gasteiger partial charge in [-0.1, -0.05) is 0 Å². The predicted molar refractivity (Wildman–Crippen MR) is 77.4 cm³/mol. The molecule has 5 heteroatoms. The van der Waals surface area contributed by atoms with Crippen LogP contribution in [-0.4, -0.2) is 47.1 Å². The molecule has 1 aliphatic carbocycles. The lowest BCUT2D eigenvalue weighted by Gasteiger charge is -2.30. The van der Waals surface area contributed by atoms with Crippen LogP contribution in [0.25, 0.3) is 0 Å². The molecule has 0 radical (unpaired) electrons. The van der Waals surface area contributed by atoms with E-state index in [0.29, 0.717) is 17.4 Å². The van der Waals surface area contributed by atoms with Crippen molar-refractivity contribution in [3.63, 3.8) is 0 Å². The van der Waals surface area contributed by atoms with Crippen molar-refractivity contribution in [2.24, 2.45) is 0 Å². The lowest BCUT2D eigenvalue weighted by atomic mass is 10.0. The van der Waals surface area contributed by atoms with Gasteiger partial charge in [-0.15, -0.1) is 0 Å². The summed E-state index contributed by atoms with van der Waals surface area (Å²) in [5, 5.41) is 12.7. The highest BCUT2D eigenvalue weighted by molar-refractivity contribution is 5.93. The molecule has 1 fully saturated rings. The van der Waals surface area contributed by atoms with E-state index >= 15 is 0 Å². The Morgan fingerprint density at radius 1 is 1.40 bits per heavy atom. The first kappa shape index (κ1) is 13.4. The normalized spacial score (nSPS) is 19.9. The minimum Gasteiger partial charge on any atom is -0.478 e. The molecule has 0 saturated carbocycles. The van der Waals surface area contributed by atoms with Crippen LogP contribution in [0.2, 0.25) is 0 Å². The van der Waals surface area contributed by atoms with Gasteiger partial charge in [0.05, 0.1) is 0 Å². The summed E-state index contributed by atoms with van der Waals surface area (Å²) in [6, 6.07) is 2.14. The molecule has 0 aromatic carbocycles. The molecule has 1 saturated heterocycles. The van der Waals surface area contributed by atoms with Crippen molar-refractivity contribution in [1.82, 2.24) is 9.88 Å². The third-order valence-electron chi connectivity index (χ3n) is 4.34. The highest BCUT2D eigenvalue weighted by atomic mass is 16.4. The third-order valence-corrected chi connectivity index (χ3v) is 4.34. The van der Waals surface area contributed by atoms with Gasteiger partial charge in [-0.2, -0.15) is 0 Å². The van der Waals surface area contributed by atoms with Crippen LogP contribution in [0.4, 0.5) is 5.82 Å². The fraction of sp³-hybridized carbons (Fsp3) is 0.600. The molecule has 1 aromatic heterocycles. The number of likely N-dealkylation sites (tertiary alicyclic amines) is 1. The molecule has 2 N–H and O–H groups in total. The standard InChI is InChI=1S/C15H21N3O2/c1-18-7-5-11(6-8-18)16-14-12(15(19)20)9-10-3-2-4-13(10)17-14/h9,11H,2-8H2,1H3,(H,16,17)(H,19,20). The van der Waals surface area contributed by atoms with Gasteiger partial charge in [0.25, 0.3) is 0 Å². The van der Waals surface area contributed by atoms with Crippen LogP contribution < -0.4 is 5.32 Å². The first-order valence-corrected chi connectivity index (χ1v) is 7.34. The number of hydrogen-bond donors (Lipinski definition) is 2. The highest BCUT2D eigenvalue weighted by Gasteiger charge is 2.23. The van der Waals surface area contributed by atoms with Crippen LogP contribution in [0.3, 0.4) is 0 Å². The number of aromatic carboxylic acids is 1. The fourth-order valence-corrected chi connectivity index (χ4v) is 3.09. The maximum absolute atomic E-state index is 11.4. The third kappa shape index (κ3) is 2.63. The number of aryl methyl sites for hydroxylation is 2. The van der Waals surface area contributed by atoms with E-state index in [1.165, 1.54) is 0 Å². The van der Waals surface area contributed by atoms with Crippen LogP contribution in [0, 0.1) is 0 Å². The maximum Gasteiger partial charge on any atom is 0.339 e. The SMILES string of the molecule is CN1CCC(Nc2nc3c(cc2C(=O)O)CCC3)CC1. The number of carboxylic acid groups (broad SMARTS) is 1. The summed E-state index contributed by atoms with van der Waals surface area (Å²) < 4.78 is 0. The zero-order valence-corrected chi connectivity index (χ0v) is 11.9. The quantitative estimate of drug-likeness (QED) is 0.880. The fourth-order valence-electron chi connectivity index (χ4n) is 3.09. The summed E-state index contributed by atoms with van der Waals surface area (Å²) in [5.41, 5.74) is 2.51. The zero-order valence-electron chi connectivity index (χ0n) is 11.9. The van der Waals surface area contributed by atoms with Crippen molar-refractivity contribution < 1.29 is 9.90 Å². The van der Waals surface area contributed by atoms with Crippen molar-refractivity contribution in [2.45, 2.75) is 38.1 Å². The molecule has 1 aliphatic heterocycles. The summed E-state index contributed by atoms with van der Waals surface area (Å²) in [4.78, 5) is 18.3. The Balaban J connectivity index is 1.82. The van der Waals surface area contributed by atoms with Gasteiger partial charge in [0, 0.05) is 11.7 Å².